The van der Waals surface area contributed by atoms with Crippen molar-refractivity contribution in [2.45, 2.75) is 18.2 Å². The Morgan fingerprint density at radius 1 is 0.703 bits per heavy atom. The molecule has 37 heavy (non-hydrogen) atoms. The van der Waals surface area contributed by atoms with Gasteiger partial charge in [-0.05, 0) is 35.4 Å². The number of para-hydroxylation sites is 3. The van der Waals surface area contributed by atoms with E-state index < -0.39 is 0 Å². The van der Waals surface area contributed by atoms with Crippen LogP contribution in [0.5, 0.6) is 0 Å². The number of rotatable bonds is 1. The van der Waals surface area contributed by atoms with Crippen molar-refractivity contribution in [3.05, 3.63) is 121 Å². The zero-order chi connectivity index (χ0) is 24.7. The van der Waals surface area contributed by atoms with Gasteiger partial charge in [-0.1, -0.05) is 61.2 Å². The van der Waals surface area contributed by atoms with Crippen molar-refractivity contribution in [2.75, 3.05) is 21.7 Å². The monoisotopic (exact) mass is 482 g/mol. The van der Waals surface area contributed by atoms with E-state index in [1.54, 1.807) is 12.4 Å². The number of anilines is 5. The Morgan fingerprint density at radius 3 is 2.19 bits per heavy atom. The van der Waals surface area contributed by atoms with Gasteiger partial charge >= 0.3 is 0 Å². The Kier molecular flexibility index (Phi) is 4.15. The van der Waals surface area contributed by atoms with Gasteiger partial charge in [0.05, 0.1) is 5.69 Å². The third-order valence-corrected chi connectivity index (χ3v) is 8.35. The minimum atomic E-state index is -0.0617. The molecule has 180 valence electrons. The van der Waals surface area contributed by atoms with Crippen LogP contribution in [0.4, 0.5) is 28.7 Å². The second-order valence-corrected chi connectivity index (χ2v) is 10.1. The number of allylic oxidation sites excluding steroid dienone is 1. The summed E-state index contributed by atoms with van der Waals surface area (Å²) in [6, 6.07) is 28.1. The van der Waals surface area contributed by atoms with E-state index in [1.807, 2.05) is 0 Å². The maximum absolute atomic E-state index is 4.92. The SMILES string of the molecule is C=C1c2ccccc2N2c3nccnc3N(c3ccccc3)C2C2C1c1ccccc1N1C=CN(C)C21. The van der Waals surface area contributed by atoms with Crippen LogP contribution in [0.2, 0.25) is 0 Å². The number of hydrogen-bond acceptors (Lipinski definition) is 6. The van der Waals surface area contributed by atoms with E-state index in [-0.39, 0.29) is 24.2 Å². The van der Waals surface area contributed by atoms with E-state index in [9.17, 15) is 0 Å². The fourth-order valence-corrected chi connectivity index (χ4v) is 6.96. The fourth-order valence-electron chi connectivity index (χ4n) is 6.96. The number of fused-ring (bicyclic) bond motifs is 12. The number of benzene rings is 3. The lowest BCUT2D eigenvalue weighted by Crippen LogP contribution is -2.58. The van der Waals surface area contributed by atoms with Gasteiger partial charge in [-0.2, -0.15) is 0 Å². The Hall–Kier alpha value is -4.58. The average molecular weight is 483 g/mol. The molecule has 4 aliphatic rings. The van der Waals surface area contributed by atoms with Gasteiger partial charge in [-0.25, -0.2) is 9.97 Å². The second-order valence-electron chi connectivity index (χ2n) is 10.1. The molecule has 8 rings (SSSR count). The first-order valence-electron chi connectivity index (χ1n) is 12.7. The van der Waals surface area contributed by atoms with Crippen LogP contribution < -0.4 is 14.7 Å². The van der Waals surface area contributed by atoms with Crippen molar-refractivity contribution in [2.24, 2.45) is 5.92 Å². The van der Waals surface area contributed by atoms with Gasteiger partial charge in [-0.3, -0.25) is 0 Å². The van der Waals surface area contributed by atoms with Crippen LogP contribution in [0.1, 0.15) is 17.0 Å². The molecule has 0 fully saturated rings. The molecule has 1 aromatic heterocycles. The highest BCUT2D eigenvalue weighted by Gasteiger charge is 2.57. The molecule has 4 aliphatic heterocycles. The van der Waals surface area contributed by atoms with Crippen LogP contribution in [-0.4, -0.2) is 34.2 Å². The predicted octanol–water partition coefficient (Wildman–Crippen LogP) is 6.08. The lowest BCUT2D eigenvalue weighted by Gasteiger charge is -2.50. The molecular formula is C31H26N6. The molecule has 4 aromatic rings. The molecule has 5 heterocycles. The lowest BCUT2D eigenvalue weighted by atomic mass is 9.72. The Balaban J connectivity index is 1.47. The van der Waals surface area contributed by atoms with Gasteiger partial charge in [0, 0.05) is 60.6 Å². The first-order valence-corrected chi connectivity index (χ1v) is 12.7. The first kappa shape index (κ1) is 20.6. The maximum atomic E-state index is 4.92. The van der Waals surface area contributed by atoms with Gasteiger partial charge in [-0.15, -0.1) is 0 Å². The summed E-state index contributed by atoms with van der Waals surface area (Å²) in [6.45, 7) is 4.78. The van der Waals surface area contributed by atoms with Crippen molar-refractivity contribution in [3.63, 3.8) is 0 Å². The van der Waals surface area contributed by atoms with E-state index in [2.05, 4.69) is 118 Å². The van der Waals surface area contributed by atoms with Crippen molar-refractivity contribution < 1.29 is 0 Å². The second kappa shape index (κ2) is 7.46. The molecular weight excluding hydrogens is 456 g/mol. The molecule has 0 aliphatic carbocycles. The molecule has 6 nitrogen and oxygen atoms in total. The van der Waals surface area contributed by atoms with Crippen molar-refractivity contribution in [1.29, 1.82) is 0 Å². The van der Waals surface area contributed by atoms with Crippen LogP contribution in [0.15, 0.2) is 110 Å². The van der Waals surface area contributed by atoms with Crippen LogP contribution in [0.3, 0.4) is 0 Å². The van der Waals surface area contributed by atoms with Crippen LogP contribution in [-0.2, 0) is 0 Å². The number of nitrogens with zero attached hydrogens (tertiary/aromatic N) is 6. The quantitative estimate of drug-likeness (QED) is 0.327. The van der Waals surface area contributed by atoms with Crippen LogP contribution in [0, 0.1) is 5.92 Å². The molecule has 0 saturated heterocycles. The Bertz CT molecular complexity index is 1580. The average Bonchev–Trinajstić information content (AvgIpc) is 3.47. The van der Waals surface area contributed by atoms with E-state index >= 15 is 0 Å². The lowest BCUT2D eigenvalue weighted by molar-refractivity contribution is 0.206. The molecule has 0 amide bonds. The van der Waals surface area contributed by atoms with Crippen LogP contribution in [0.25, 0.3) is 5.57 Å². The molecule has 0 radical (unpaired) electrons. The fraction of sp³-hybridized carbons (Fsp3) is 0.161. The van der Waals surface area contributed by atoms with Crippen LogP contribution >= 0.6 is 0 Å². The van der Waals surface area contributed by atoms with E-state index in [4.69, 9.17) is 16.5 Å². The summed E-state index contributed by atoms with van der Waals surface area (Å²) in [5, 5.41) is 0. The molecule has 0 bridgehead atoms. The minimum Gasteiger partial charge on any atom is -0.358 e. The smallest absolute Gasteiger partial charge is 0.178 e. The predicted molar refractivity (Wildman–Crippen MR) is 148 cm³/mol. The van der Waals surface area contributed by atoms with Gasteiger partial charge in [0.25, 0.3) is 0 Å². The zero-order valence-electron chi connectivity index (χ0n) is 20.5. The topological polar surface area (TPSA) is 38.7 Å². The first-order chi connectivity index (χ1) is 18.2. The molecule has 4 unspecified atom stereocenters. The molecule has 0 spiro atoms. The van der Waals surface area contributed by atoms with E-state index in [0.717, 1.165) is 28.6 Å². The summed E-state index contributed by atoms with van der Waals surface area (Å²) in [4.78, 5) is 19.4. The molecule has 0 saturated carbocycles. The third-order valence-electron chi connectivity index (χ3n) is 8.35. The molecule has 4 atom stereocenters. The summed E-state index contributed by atoms with van der Waals surface area (Å²) in [5.41, 5.74) is 7.13. The van der Waals surface area contributed by atoms with Crippen molar-refractivity contribution in [1.82, 2.24) is 14.9 Å². The highest BCUT2D eigenvalue weighted by atomic mass is 15.5. The molecule has 0 N–H and O–H groups in total. The van der Waals surface area contributed by atoms with Gasteiger partial charge in [0.2, 0.25) is 0 Å². The zero-order valence-corrected chi connectivity index (χ0v) is 20.5. The van der Waals surface area contributed by atoms with Gasteiger partial charge in [0.1, 0.15) is 12.3 Å². The highest BCUT2D eigenvalue weighted by Crippen LogP contribution is 2.60. The summed E-state index contributed by atoms with van der Waals surface area (Å²) in [5.74, 6) is 2.01. The van der Waals surface area contributed by atoms with Gasteiger partial charge in [0.15, 0.2) is 11.6 Å². The third kappa shape index (κ3) is 2.64. The van der Waals surface area contributed by atoms with E-state index in [0.29, 0.717) is 0 Å². The Labute approximate surface area is 216 Å². The molecule has 6 heteroatoms. The Morgan fingerprint density at radius 2 is 1.38 bits per heavy atom. The number of aromatic nitrogens is 2. The summed E-state index contributed by atoms with van der Waals surface area (Å²) in [7, 11) is 2.18. The summed E-state index contributed by atoms with van der Waals surface area (Å²) >= 11 is 0. The number of hydrogen-bond donors (Lipinski definition) is 0. The maximum Gasteiger partial charge on any atom is 0.178 e. The summed E-state index contributed by atoms with van der Waals surface area (Å²) in [6.07, 6.45) is 8.06. The largest absolute Gasteiger partial charge is 0.358 e. The van der Waals surface area contributed by atoms with E-state index in [1.165, 1.54) is 16.8 Å². The van der Waals surface area contributed by atoms with Gasteiger partial charge < -0.3 is 19.6 Å². The van der Waals surface area contributed by atoms with Crippen molar-refractivity contribution >= 4 is 34.3 Å². The minimum absolute atomic E-state index is 0.0617. The standard InChI is InChI=1S/C31H26N6/c1-20-22-12-6-9-15-25(22)37-29-28(32-16-17-33-29)36(21-10-4-3-5-11-21)31(37)27-26(20)23-13-7-8-14-24(23)35-19-18-34(2)30(27)35/h3-19,26-27,30-31H,1H2,2H3. The summed E-state index contributed by atoms with van der Waals surface area (Å²) < 4.78 is 0. The molecule has 3 aromatic carbocycles. The van der Waals surface area contributed by atoms with Crippen molar-refractivity contribution in [3.8, 4) is 0 Å². The normalized spacial score (nSPS) is 24.6. The highest BCUT2D eigenvalue weighted by molar-refractivity contribution is 5.92.